The molecule has 11 aromatic carbocycles. The van der Waals surface area contributed by atoms with Crippen LogP contribution in [0.4, 0.5) is 17.1 Å². The first kappa shape index (κ1) is 38.5. The van der Waals surface area contributed by atoms with Crippen molar-refractivity contribution < 1.29 is 4.42 Å². The van der Waals surface area contributed by atoms with E-state index in [0.717, 1.165) is 83.6 Å². The van der Waals surface area contributed by atoms with E-state index in [9.17, 15) is 0 Å². The number of aromatic nitrogens is 1. The first-order chi connectivity index (χ1) is 33.2. The summed E-state index contributed by atoms with van der Waals surface area (Å²) in [5.74, 6) is 0. The summed E-state index contributed by atoms with van der Waals surface area (Å²) < 4.78 is 8.81. The van der Waals surface area contributed by atoms with Crippen molar-refractivity contribution in [3.63, 3.8) is 0 Å². The van der Waals surface area contributed by atoms with Crippen LogP contribution in [0.2, 0.25) is 0 Å². The maximum Gasteiger partial charge on any atom is 0.136 e. The Morgan fingerprint density at radius 2 is 0.866 bits per heavy atom. The molecule has 0 aliphatic carbocycles. The Balaban J connectivity index is 1.00. The largest absolute Gasteiger partial charge is 0.456 e. The minimum Gasteiger partial charge on any atom is -0.456 e. The van der Waals surface area contributed by atoms with Gasteiger partial charge < -0.3 is 13.9 Å². The number of furan rings is 1. The zero-order valence-corrected chi connectivity index (χ0v) is 36.6. The summed E-state index contributed by atoms with van der Waals surface area (Å²) in [6, 6.07) is 92.1. The van der Waals surface area contributed by atoms with Gasteiger partial charge in [0.15, 0.2) is 0 Å². The molecule has 0 unspecified atom stereocenters. The van der Waals surface area contributed by atoms with E-state index in [1.807, 2.05) is 12.1 Å². The number of benzene rings is 11. The van der Waals surface area contributed by atoms with Crippen molar-refractivity contribution >= 4 is 71.6 Å². The second-order valence-electron chi connectivity index (χ2n) is 17.3. The van der Waals surface area contributed by atoms with Gasteiger partial charge in [-0.05, 0) is 111 Å². The molecular weight excluding hydrogens is 813 g/mol. The maximum atomic E-state index is 6.39. The monoisotopic (exact) mass is 854 g/mol. The van der Waals surface area contributed by atoms with Crippen molar-refractivity contribution in [2.24, 2.45) is 0 Å². The molecule has 314 valence electrons. The third kappa shape index (κ3) is 6.59. The molecule has 0 saturated heterocycles. The summed E-state index contributed by atoms with van der Waals surface area (Å²) in [5, 5.41) is 7.19. The van der Waals surface area contributed by atoms with Gasteiger partial charge in [0, 0.05) is 44.0 Å². The van der Waals surface area contributed by atoms with Gasteiger partial charge in [-0.3, -0.25) is 0 Å². The number of para-hydroxylation sites is 4. The fourth-order valence-corrected chi connectivity index (χ4v) is 10.3. The van der Waals surface area contributed by atoms with Gasteiger partial charge in [0.2, 0.25) is 0 Å². The molecule has 3 heteroatoms. The molecule has 0 saturated carbocycles. The van der Waals surface area contributed by atoms with Crippen molar-refractivity contribution in [1.29, 1.82) is 0 Å². The van der Waals surface area contributed by atoms with E-state index in [1.54, 1.807) is 0 Å². The molecule has 0 atom stereocenters. The molecule has 3 nitrogen and oxygen atoms in total. The molecule has 0 radical (unpaired) electrons. The third-order valence-corrected chi connectivity index (χ3v) is 13.4. The van der Waals surface area contributed by atoms with Crippen LogP contribution in [0.15, 0.2) is 259 Å². The van der Waals surface area contributed by atoms with Crippen LogP contribution in [0.5, 0.6) is 0 Å². The van der Waals surface area contributed by atoms with Crippen LogP contribution in [0.25, 0.3) is 105 Å². The summed E-state index contributed by atoms with van der Waals surface area (Å²) in [4.78, 5) is 2.43. The highest BCUT2D eigenvalue weighted by Gasteiger charge is 2.21. The molecule has 13 aromatic rings. The van der Waals surface area contributed by atoms with Crippen molar-refractivity contribution in [2.45, 2.75) is 0 Å². The number of fused-ring (bicyclic) bond motifs is 7. The summed E-state index contributed by atoms with van der Waals surface area (Å²) in [5.41, 5.74) is 17.6. The smallest absolute Gasteiger partial charge is 0.136 e. The summed E-state index contributed by atoms with van der Waals surface area (Å²) >= 11 is 0. The van der Waals surface area contributed by atoms with Gasteiger partial charge in [-0.2, -0.15) is 0 Å². The predicted octanol–water partition coefficient (Wildman–Crippen LogP) is 18.0. The second kappa shape index (κ2) is 16.0. The number of nitrogens with zero attached hydrogens (tertiary/aromatic N) is 2. The highest BCUT2D eigenvalue weighted by atomic mass is 16.3. The Morgan fingerprint density at radius 3 is 1.69 bits per heavy atom. The fourth-order valence-electron chi connectivity index (χ4n) is 10.3. The fraction of sp³-hybridized carbons (Fsp3) is 0. The lowest BCUT2D eigenvalue weighted by atomic mass is 9.94. The van der Waals surface area contributed by atoms with Crippen LogP contribution in [0, 0.1) is 0 Å². The zero-order chi connectivity index (χ0) is 44.3. The molecule has 0 bridgehead atoms. The van der Waals surface area contributed by atoms with Gasteiger partial charge in [0.1, 0.15) is 11.2 Å². The molecule has 0 amide bonds. The van der Waals surface area contributed by atoms with E-state index in [2.05, 4.69) is 252 Å². The molecule has 67 heavy (non-hydrogen) atoms. The molecule has 2 heterocycles. The van der Waals surface area contributed by atoms with Crippen LogP contribution in [0.3, 0.4) is 0 Å². The summed E-state index contributed by atoms with van der Waals surface area (Å²) in [7, 11) is 0. The first-order valence-corrected chi connectivity index (χ1v) is 22.9. The molecule has 0 aliphatic rings. The van der Waals surface area contributed by atoms with E-state index in [1.165, 1.54) is 38.1 Å². The minimum absolute atomic E-state index is 0.881. The molecule has 2 aromatic heterocycles. The van der Waals surface area contributed by atoms with Crippen LogP contribution < -0.4 is 4.90 Å². The van der Waals surface area contributed by atoms with Crippen LogP contribution in [-0.4, -0.2) is 4.57 Å². The number of anilines is 3. The molecule has 0 aliphatic heterocycles. The molecular formula is C64H42N2O. The highest BCUT2D eigenvalue weighted by Crippen LogP contribution is 2.46. The molecule has 0 fully saturated rings. The third-order valence-electron chi connectivity index (χ3n) is 13.4. The second-order valence-corrected chi connectivity index (χ2v) is 17.3. The quantitative estimate of drug-likeness (QED) is 0.152. The van der Waals surface area contributed by atoms with Gasteiger partial charge in [-0.25, -0.2) is 0 Å². The summed E-state index contributed by atoms with van der Waals surface area (Å²) in [6.07, 6.45) is 0. The lowest BCUT2D eigenvalue weighted by molar-refractivity contribution is 0.669. The maximum absolute atomic E-state index is 6.39. The van der Waals surface area contributed by atoms with Gasteiger partial charge in [-0.15, -0.1) is 0 Å². The van der Waals surface area contributed by atoms with Crippen molar-refractivity contribution in [1.82, 2.24) is 4.57 Å². The van der Waals surface area contributed by atoms with Gasteiger partial charge in [-0.1, -0.05) is 188 Å². The van der Waals surface area contributed by atoms with Gasteiger partial charge in [0.25, 0.3) is 0 Å². The standard InChI is InChI=1S/C64H42N2O/c1-2-16-44(17-3-1)54-38-35-48(52-27-15-19-43-18-4-5-22-51(43)52)41-62(54)65(50-21-14-20-46(40-50)47-34-39-58-57-26-9-13-31-63(57)67-64(58)42-47)49-36-32-45(33-37-49)53-23-6-10-28-59(53)66-60-29-11-7-24-55(60)56-25-8-12-30-61(56)66/h1-42H. The number of rotatable bonds is 8. The van der Waals surface area contributed by atoms with Gasteiger partial charge in [0.05, 0.1) is 22.4 Å². The molecule has 13 rings (SSSR count). The Bertz CT molecular complexity index is 3930. The van der Waals surface area contributed by atoms with E-state index < -0.39 is 0 Å². The Hall–Kier alpha value is -8.92. The first-order valence-electron chi connectivity index (χ1n) is 22.9. The normalized spacial score (nSPS) is 11.6. The van der Waals surface area contributed by atoms with Crippen LogP contribution >= 0.6 is 0 Å². The van der Waals surface area contributed by atoms with E-state index in [0.29, 0.717) is 0 Å². The van der Waals surface area contributed by atoms with E-state index >= 15 is 0 Å². The minimum atomic E-state index is 0.881. The van der Waals surface area contributed by atoms with E-state index in [-0.39, 0.29) is 0 Å². The zero-order valence-electron chi connectivity index (χ0n) is 36.6. The van der Waals surface area contributed by atoms with Crippen molar-refractivity contribution in [3.8, 4) is 50.2 Å². The van der Waals surface area contributed by atoms with Gasteiger partial charge >= 0.3 is 0 Å². The molecule has 0 N–H and O–H groups in total. The topological polar surface area (TPSA) is 21.3 Å². The predicted molar refractivity (Wildman–Crippen MR) is 282 cm³/mol. The van der Waals surface area contributed by atoms with Crippen LogP contribution in [-0.2, 0) is 0 Å². The Morgan fingerprint density at radius 1 is 0.299 bits per heavy atom. The summed E-state index contributed by atoms with van der Waals surface area (Å²) in [6.45, 7) is 0. The lowest BCUT2D eigenvalue weighted by Crippen LogP contribution is -2.11. The Labute approximate surface area is 388 Å². The average molecular weight is 855 g/mol. The average Bonchev–Trinajstić information content (AvgIpc) is 3.95. The SMILES string of the molecule is c1ccc(-c2ccc(-c3cccc4ccccc34)cc2N(c2ccc(-c3ccccc3-n3c4ccccc4c4ccccc43)cc2)c2cccc(-c3ccc4c(c3)oc3ccccc34)c2)cc1. The van der Waals surface area contributed by atoms with E-state index in [4.69, 9.17) is 4.42 Å². The Kier molecular flexibility index (Phi) is 9.17. The number of hydrogen-bond donors (Lipinski definition) is 0. The van der Waals surface area contributed by atoms with Crippen LogP contribution in [0.1, 0.15) is 0 Å². The molecule has 0 spiro atoms. The number of hydrogen-bond acceptors (Lipinski definition) is 2. The highest BCUT2D eigenvalue weighted by molar-refractivity contribution is 6.10. The van der Waals surface area contributed by atoms with Crippen molar-refractivity contribution in [2.75, 3.05) is 4.90 Å². The lowest BCUT2D eigenvalue weighted by Gasteiger charge is -2.29. The van der Waals surface area contributed by atoms with Crippen molar-refractivity contribution in [3.05, 3.63) is 255 Å².